The van der Waals surface area contributed by atoms with Gasteiger partial charge in [0.2, 0.25) is 5.91 Å². The molecule has 1 aliphatic heterocycles. The van der Waals surface area contributed by atoms with E-state index in [4.69, 9.17) is 10.5 Å². The van der Waals surface area contributed by atoms with Crippen molar-refractivity contribution >= 4 is 23.5 Å². The number of anilines is 1. The zero-order valence-corrected chi connectivity index (χ0v) is 14.6. The molecule has 26 heavy (non-hydrogen) atoms. The highest BCUT2D eigenvalue weighted by Crippen LogP contribution is 2.33. The van der Waals surface area contributed by atoms with Crippen molar-refractivity contribution in [3.8, 4) is 5.75 Å². The molecule has 1 saturated carbocycles. The van der Waals surface area contributed by atoms with Gasteiger partial charge in [0.25, 0.3) is 5.91 Å². The molecule has 1 spiro atoms. The third-order valence-corrected chi connectivity index (χ3v) is 4.78. The Kier molecular flexibility index (Phi) is 5.41. The van der Waals surface area contributed by atoms with Crippen molar-refractivity contribution in [2.24, 2.45) is 5.73 Å². The molecule has 1 aromatic rings. The average Bonchev–Trinajstić information content (AvgIpc) is 2.86. The van der Waals surface area contributed by atoms with Crippen molar-refractivity contribution in [2.75, 3.05) is 25.0 Å². The summed E-state index contributed by atoms with van der Waals surface area (Å²) in [5.41, 5.74) is 5.13. The molecule has 0 atom stereocenters. The number of hydrogen-bond donors (Lipinski definition) is 3. The Hall–Kier alpha value is -2.61. The van der Waals surface area contributed by atoms with Gasteiger partial charge < -0.3 is 21.1 Å². The second-order valence-electron chi connectivity index (χ2n) is 6.67. The van der Waals surface area contributed by atoms with E-state index in [1.54, 1.807) is 24.3 Å². The number of carbonyl (C=O) groups is 3. The van der Waals surface area contributed by atoms with Gasteiger partial charge in [0.05, 0.1) is 0 Å². The number of benzene rings is 1. The first-order valence-corrected chi connectivity index (χ1v) is 8.91. The number of nitrogens with two attached hydrogens (primary N) is 1. The molecular weight excluding hydrogens is 336 g/mol. The molecule has 0 unspecified atom stereocenters. The zero-order valence-electron chi connectivity index (χ0n) is 14.6. The standard InChI is InChI=1S/C18H24N4O4/c19-10-11-26-14-6-4-13(5-7-14)20-15(23)12-22-16(24)18(21-17(22)25)8-2-1-3-9-18/h4-7H,1-3,8-12,19H2,(H,20,23)(H,21,25). The van der Waals surface area contributed by atoms with Crippen LogP contribution in [-0.4, -0.2) is 48.0 Å². The van der Waals surface area contributed by atoms with Gasteiger partial charge in [-0.1, -0.05) is 19.3 Å². The average molecular weight is 360 g/mol. The maximum Gasteiger partial charge on any atom is 0.325 e. The van der Waals surface area contributed by atoms with Gasteiger partial charge >= 0.3 is 6.03 Å². The van der Waals surface area contributed by atoms with Crippen molar-refractivity contribution in [3.05, 3.63) is 24.3 Å². The van der Waals surface area contributed by atoms with Gasteiger partial charge in [-0.2, -0.15) is 0 Å². The van der Waals surface area contributed by atoms with Crippen LogP contribution in [0.2, 0.25) is 0 Å². The maximum atomic E-state index is 12.7. The van der Waals surface area contributed by atoms with Crippen LogP contribution in [0.3, 0.4) is 0 Å². The first kappa shape index (κ1) is 18.2. The molecule has 0 aromatic heterocycles. The van der Waals surface area contributed by atoms with Gasteiger partial charge in [0.1, 0.15) is 24.4 Å². The molecule has 0 radical (unpaired) electrons. The number of nitrogens with one attached hydrogen (secondary N) is 2. The van der Waals surface area contributed by atoms with Gasteiger partial charge in [0.15, 0.2) is 0 Å². The van der Waals surface area contributed by atoms with Crippen molar-refractivity contribution in [3.63, 3.8) is 0 Å². The molecule has 2 fully saturated rings. The van der Waals surface area contributed by atoms with Gasteiger partial charge in [-0.05, 0) is 37.1 Å². The number of imide groups is 1. The van der Waals surface area contributed by atoms with E-state index >= 15 is 0 Å². The van der Waals surface area contributed by atoms with E-state index in [0.29, 0.717) is 37.4 Å². The van der Waals surface area contributed by atoms with Crippen LogP contribution in [-0.2, 0) is 9.59 Å². The SMILES string of the molecule is NCCOc1ccc(NC(=O)CN2C(=O)NC3(CCCCC3)C2=O)cc1. The van der Waals surface area contributed by atoms with E-state index in [2.05, 4.69) is 10.6 Å². The quantitative estimate of drug-likeness (QED) is 0.660. The fourth-order valence-electron chi connectivity index (χ4n) is 3.47. The number of rotatable bonds is 6. The lowest BCUT2D eigenvalue weighted by Crippen LogP contribution is -2.48. The minimum Gasteiger partial charge on any atom is -0.492 e. The summed E-state index contributed by atoms with van der Waals surface area (Å²) in [5, 5.41) is 5.49. The van der Waals surface area contributed by atoms with Crippen LogP contribution in [0.1, 0.15) is 32.1 Å². The molecule has 1 aliphatic carbocycles. The zero-order chi connectivity index (χ0) is 18.6. The summed E-state index contributed by atoms with van der Waals surface area (Å²) in [5.74, 6) is -0.0540. The molecule has 140 valence electrons. The first-order valence-electron chi connectivity index (χ1n) is 8.91. The number of urea groups is 1. The predicted molar refractivity (Wildman–Crippen MR) is 95.7 cm³/mol. The topological polar surface area (TPSA) is 114 Å². The Balaban J connectivity index is 1.57. The molecule has 4 N–H and O–H groups in total. The lowest BCUT2D eigenvalue weighted by Gasteiger charge is -2.30. The molecular formula is C18H24N4O4. The number of hydrogen-bond acceptors (Lipinski definition) is 5. The Morgan fingerprint density at radius 2 is 1.88 bits per heavy atom. The molecule has 0 bridgehead atoms. The number of amides is 4. The Morgan fingerprint density at radius 3 is 2.54 bits per heavy atom. The van der Waals surface area contributed by atoms with Crippen molar-refractivity contribution in [2.45, 2.75) is 37.6 Å². The van der Waals surface area contributed by atoms with Gasteiger partial charge in [0, 0.05) is 12.2 Å². The Morgan fingerprint density at radius 1 is 1.19 bits per heavy atom. The predicted octanol–water partition coefficient (Wildman–Crippen LogP) is 1.22. The molecule has 4 amide bonds. The van der Waals surface area contributed by atoms with Crippen molar-refractivity contribution in [1.82, 2.24) is 10.2 Å². The summed E-state index contributed by atoms with van der Waals surface area (Å²) in [6.45, 7) is 0.545. The monoisotopic (exact) mass is 360 g/mol. The highest BCUT2D eigenvalue weighted by atomic mass is 16.5. The largest absolute Gasteiger partial charge is 0.492 e. The third-order valence-electron chi connectivity index (χ3n) is 4.78. The minimum absolute atomic E-state index is 0.289. The minimum atomic E-state index is -0.808. The summed E-state index contributed by atoms with van der Waals surface area (Å²) in [6, 6.07) is 6.33. The molecule has 8 nitrogen and oxygen atoms in total. The van der Waals surface area contributed by atoms with Gasteiger partial charge in [-0.3, -0.25) is 14.5 Å². The van der Waals surface area contributed by atoms with Crippen LogP contribution in [0.25, 0.3) is 0 Å². The van der Waals surface area contributed by atoms with Crippen LogP contribution in [0, 0.1) is 0 Å². The fraction of sp³-hybridized carbons (Fsp3) is 0.500. The first-order chi connectivity index (χ1) is 12.5. The highest BCUT2D eigenvalue weighted by Gasteiger charge is 2.51. The second kappa shape index (κ2) is 7.74. The lowest BCUT2D eigenvalue weighted by atomic mass is 9.82. The highest BCUT2D eigenvalue weighted by molar-refractivity contribution is 6.10. The number of ether oxygens (including phenoxy) is 1. The molecule has 2 aliphatic rings. The van der Waals surface area contributed by atoms with Gasteiger partial charge in [-0.25, -0.2) is 4.79 Å². The summed E-state index contributed by atoms with van der Waals surface area (Å²) in [7, 11) is 0. The smallest absolute Gasteiger partial charge is 0.325 e. The van der Waals surface area contributed by atoms with E-state index in [-0.39, 0.29) is 12.5 Å². The summed E-state index contributed by atoms with van der Waals surface area (Å²) >= 11 is 0. The fourth-order valence-corrected chi connectivity index (χ4v) is 3.47. The Bertz CT molecular complexity index is 683. The van der Waals surface area contributed by atoms with E-state index in [0.717, 1.165) is 24.2 Å². The van der Waals surface area contributed by atoms with Crippen LogP contribution in [0.4, 0.5) is 10.5 Å². The second-order valence-corrected chi connectivity index (χ2v) is 6.67. The van der Waals surface area contributed by atoms with E-state index in [9.17, 15) is 14.4 Å². The molecule has 1 heterocycles. The summed E-state index contributed by atoms with van der Waals surface area (Å²) < 4.78 is 5.37. The van der Waals surface area contributed by atoms with Crippen LogP contribution < -0.4 is 21.1 Å². The summed E-state index contributed by atoms with van der Waals surface area (Å²) in [4.78, 5) is 38.1. The van der Waals surface area contributed by atoms with E-state index in [1.165, 1.54) is 0 Å². The molecule has 8 heteroatoms. The molecule has 1 saturated heterocycles. The number of carbonyl (C=O) groups excluding carboxylic acids is 3. The van der Waals surface area contributed by atoms with E-state index in [1.807, 2.05) is 0 Å². The van der Waals surface area contributed by atoms with Crippen molar-refractivity contribution in [1.29, 1.82) is 0 Å². The van der Waals surface area contributed by atoms with Crippen LogP contribution >= 0.6 is 0 Å². The Labute approximate surface area is 152 Å². The maximum absolute atomic E-state index is 12.7. The lowest BCUT2D eigenvalue weighted by molar-refractivity contribution is -0.134. The van der Waals surface area contributed by atoms with E-state index < -0.39 is 17.5 Å². The summed E-state index contributed by atoms with van der Waals surface area (Å²) in [6.07, 6.45) is 4.16. The number of nitrogens with zero attached hydrogens (tertiary/aromatic N) is 1. The normalized spacial score (nSPS) is 18.7. The van der Waals surface area contributed by atoms with Gasteiger partial charge in [-0.15, -0.1) is 0 Å². The van der Waals surface area contributed by atoms with Crippen molar-refractivity contribution < 1.29 is 19.1 Å². The van der Waals surface area contributed by atoms with Crippen LogP contribution in [0.5, 0.6) is 5.75 Å². The molecule has 1 aromatic carbocycles. The third kappa shape index (κ3) is 3.80. The van der Waals surface area contributed by atoms with Crippen LogP contribution in [0.15, 0.2) is 24.3 Å². The molecule has 3 rings (SSSR count).